The molecule has 0 saturated heterocycles. The first-order valence-corrected chi connectivity index (χ1v) is 3.96. The summed E-state index contributed by atoms with van der Waals surface area (Å²) in [5.41, 5.74) is 0. The molecular weight excluding hydrogens is 180 g/mol. The SMILES string of the molecule is CCCCCC(=O)OCC.[Cr+3]. The number of carbonyl (C=O) groups excluding carboxylic acids is 1. The quantitative estimate of drug-likeness (QED) is 0.497. The van der Waals surface area contributed by atoms with Crippen molar-refractivity contribution in [2.24, 2.45) is 0 Å². The molecular formula is C8H16CrO2+3. The van der Waals surface area contributed by atoms with Gasteiger partial charge in [-0.2, -0.15) is 0 Å². The van der Waals surface area contributed by atoms with Gasteiger partial charge in [0.25, 0.3) is 0 Å². The molecule has 0 aromatic heterocycles. The molecule has 0 aliphatic rings. The van der Waals surface area contributed by atoms with Gasteiger partial charge in [-0.25, -0.2) is 0 Å². The molecule has 0 bridgehead atoms. The third-order valence-corrected chi connectivity index (χ3v) is 1.29. The minimum atomic E-state index is -0.0593. The largest absolute Gasteiger partial charge is 3.00 e. The van der Waals surface area contributed by atoms with Gasteiger partial charge in [0.15, 0.2) is 0 Å². The Morgan fingerprint density at radius 1 is 1.27 bits per heavy atom. The molecule has 0 aromatic carbocycles. The van der Waals surface area contributed by atoms with E-state index in [2.05, 4.69) is 6.92 Å². The smallest absolute Gasteiger partial charge is 0.466 e. The van der Waals surface area contributed by atoms with Crippen LogP contribution in [0, 0.1) is 0 Å². The topological polar surface area (TPSA) is 26.3 Å². The van der Waals surface area contributed by atoms with Gasteiger partial charge in [-0.05, 0) is 13.3 Å². The maximum Gasteiger partial charge on any atom is 3.00 e. The van der Waals surface area contributed by atoms with E-state index < -0.39 is 0 Å². The van der Waals surface area contributed by atoms with Gasteiger partial charge in [-0.15, -0.1) is 0 Å². The fourth-order valence-electron chi connectivity index (χ4n) is 0.752. The minimum absolute atomic E-state index is 0. The van der Waals surface area contributed by atoms with Gasteiger partial charge in [0.05, 0.1) is 6.61 Å². The van der Waals surface area contributed by atoms with Crippen LogP contribution in [0.15, 0.2) is 0 Å². The van der Waals surface area contributed by atoms with E-state index >= 15 is 0 Å². The van der Waals surface area contributed by atoms with E-state index in [-0.39, 0.29) is 23.3 Å². The van der Waals surface area contributed by atoms with E-state index in [1.165, 1.54) is 0 Å². The van der Waals surface area contributed by atoms with Crippen LogP contribution in [-0.2, 0) is 26.9 Å². The van der Waals surface area contributed by atoms with Gasteiger partial charge in [-0.1, -0.05) is 19.8 Å². The normalized spacial score (nSPS) is 8.55. The molecule has 0 rings (SSSR count). The Bertz CT molecular complexity index is 94.1. The van der Waals surface area contributed by atoms with Gasteiger partial charge in [0.1, 0.15) is 0 Å². The molecule has 0 atom stereocenters. The van der Waals surface area contributed by atoms with Crippen LogP contribution in [0.5, 0.6) is 0 Å². The van der Waals surface area contributed by atoms with E-state index in [1.54, 1.807) is 0 Å². The molecule has 0 spiro atoms. The second kappa shape index (κ2) is 10.0. The van der Waals surface area contributed by atoms with E-state index in [9.17, 15) is 4.79 Å². The second-order valence-electron chi connectivity index (χ2n) is 2.26. The summed E-state index contributed by atoms with van der Waals surface area (Å²) in [5, 5.41) is 0. The molecule has 0 aliphatic carbocycles. The van der Waals surface area contributed by atoms with Gasteiger partial charge >= 0.3 is 23.3 Å². The summed E-state index contributed by atoms with van der Waals surface area (Å²) in [6.07, 6.45) is 3.83. The number of hydrogen-bond acceptors (Lipinski definition) is 2. The number of ether oxygens (including phenoxy) is 1. The van der Waals surface area contributed by atoms with E-state index in [1.807, 2.05) is 6.92 Å². The Labute approximate surface area is 79.4 Å². The van der Waals surface area contributed by atoms with Gasteiger partial charge in [0.2, 0.25) is 0 Å². The van der Waals surface area contributed by atoms with Crippen LogP contribution in [0.2, 0.25) is 0 Å². The molecule has 0 amide bonds. The van der Waals surface area contributed by atoms with E-state index in [0.717, 1.165) is 19.3 Å². The zero-order chi connectivity index (χ0) is 7.82. The monoisotopic (exact) mass is 196 g/mol. The third kappa shape index (κ3) is 10.0. The number of carbonyl (C=O) groups is 1. The molecule has 0 N–H and O–H groups in total. The number of esters is 1. The molecule has 2 nitrogen and oxygen atoms in total. The van der Waals surface area contributed by atoms with Crippen LogP contribution in [0.1, 0.15) is 39.5 Å². The van der Waals surface area contributed by atoms with Crippen molar-refractivity contribution in [1.82, 2.24) is 0 Å². The Hall–Kier alpha value is 0.00247. The van der Waals surface area contributed by atoms with Crippen LogP contribution >= 0.6 is 0 Å². The van der Waals surface area contributed by atoms with Crippen LogP contribution in [0.4, 0.5) is 0 Å². The average Bonchev–Trinajstić information content (AvgIpc) is 1.89. The van der Waals surface area contributed by atoms with E-state index in [0.29, 0.717) is 13.0 Å². The second-order valence-corrected chi connectivity index (χ2v) is 2.26. The Kier molecular flexibility index (Phi) is 12.4. The first-order chi connectivity index (χ1) is 4.81. The van der Waals surface area contributed by atoms with Crippen molar-refractivity contribution in [2.75, 3.05) is 6.61 Å². The predicted octanol–water partition coefficient (Wildman–Crippen LogP) is 2.13. The summed E-state index contributed by atoms with van der Waals surface area (Å²) in [6, 6.07) is 0. The maximum atomic E-state index is 10.7. The van der Waals surface area contributed by atoms with Gasteiger partial charge < -0.3 is 4.74 Å². The standard InChI is InChI=1S/C8H16O2.Cr/c1-3-5-6-7-8(9)10-4-2;/h3-7H2,1-2H3;/q;+3. The summed E-state index contributed by atoms with van der Waals surface area (Å²) in [7, 11) is 0. The Morgan fingerprint density at radius 2 is 1.91 bits per heavy atom. The van der Waals surface area contributed by atoms with Crippen molar-refractivity contribution < 1.29 is 26.9 Å². The molecule has 0 aliphatic heterocycles. The fraction of sp³-hybridized carbons (Fsp3) is 0.875. The van der Waals surface area contributed by atoms with Crippen molar-refractivity contribution in [3.63, 3.8) is 0 Å². The molecule has 0 fully saturated rings. The summed E-state index contributed by atoms with van der Waals surface area (Å²) in [4.78, 5) is 10.7. The van der Waals surface area contributed by atoms with Crippen LogP contribution < -0.4 is 0 Å². The third-order valence-electron chi connectivity index (χ3n) is 1.29. The molecule has 0 saturated carbocycles. The molecule has 11 heavy (non-hydrogen) atoms. The molecule has 63 valence electrons. The number of unbranched alkanes of at least 4 members (excludes halogenated alkanes) is 2. The first-order valence-electron chi connectivity index (χ1n) is 3.96. The molecule has 1 radical (unpaired) electrons. The summed E-state index contributed by atoms with van der Waals surface area (Å²) >= 11 is 0. The van der Waals surface area contributed by atoms with Crippen molar-refractivity contribution >= 4 is 5.97 Å². The van der Waals surface area contributed by atoms with Gasteiger partial charge in [-0.3, -0.25) is 4.79 Å². The Balaban J connectivity index is 0. The zero-order valence-corrected chi connectivity index (χ0v) is 8.54. The molecule has 3 heteroatoms. The average molecular weight is 196 g/mol. The molecule has 0 heterocycles. The van der Waals surface area contributed by atoms with Crippen molar-refractivity contribution in [1.29, 1.82) is 0 Å². The fourth-order valence-corrected chi connectivity index (χ4v) is 0.752. The summed E-state index contributed by atoms with van der Waals surface area (Å²) in [5.74, 6) is -0.0593. The van der Waals surface area contributed by atoms with Crippen molar-refractivity contribution in [3.8, 4) is 0 Å². The first kappa shape index (κ1) is 13.6. The van der Waals surface area contributed by atoms with Crippen LogP contribution in [-0.4, -0.2) is 12.6 Å². The van der Waals surface area contributed by atoms with Crippen molar-refractivity contribution in [2.45, 2.75) is 39.5 Å². The predicted molar refractivity (Wildman–Crippen MR) is 40.8 cm³/mol. The summed E-state index contributed by atoms with van der Waals surface area (Å²) < 4.78 is 4.75. The molecule has 0 unspecified atom stereocenters. The van der Waals surface area contributed by atoms with Gasteiger partial charge in [0, 0.05) is 6.42 Å². The summed E-state index contributed by atoms with van der Waals surface area (Å²) in [6.45, 7) is 4.45. The van der Waals surface area contributed by atoms with Crippen LogP contribution in [0.25, 0.3) is 0 Å². The minimum Gasteiger partial charge on any atom is -0.466 e. The van der Waals surface area contributed by atoms with E-state index in [4.69, 9.17) is 4.74 Å². The van der Waals surface area contributed by atoms with Crippen molar-refractivity contribution in [3.05, 3.63) is 0 Å². The maximum absolute atomic E-state index is 10.7. The number of rotatable bonds is 5. The zero-order valence-electron chi connectivity index (χ0n) is 7.26. The molecule has 0 aromatic rings. The van der Waals surface area contributed by atoms with Crippen LogP contribution in [0.3, 0.4) is 0 Å². The number of hydrogen-bond donors (Lipinski definition) is 0. The Morgan fingerprint density at radius 3 is 2.36 bits per heavy atom.